The number of phenolic OH excluding ortho intramolecular Hbond substituents is 1. The summed E-state index contributed by atoms with van der Waals surface area (Å²) < 4.78 is 22.0. The molecule has 1 saturated heterocycles. The Morgan fingerprint density at radius 2 is 1.68 bits per heavy atom. The quantitative estimate of drug-likeness (QED) is 0.171. The topological polar surface area (TPSA) is 196 Å². The van der Waals surface area contributed by atoms with E-state index in [1.54, 1.807) is 12.1 Å². The second-order valence-corrected chi connectivity index (χ2v) is 8.84. The van der Waals surface area contributed by atoms with E-state index in [9.17, 15) is 40.5 Å². The van der Waals surface area contributed by atoms with Crippen LogP contribution in [0.15, 0.2) is 30.3 Å². The molecule has 0 aromatic heterocycles. The molecule has 12 nitrogen and oxygen atoms in total. The highest BCUT2D eigenvalue weighted by Crippen LogP contribution is 2.41. The fraction of sp³-hybridized carbons (Fsp3) is 0.500. The van der Waals surface area contributed by atoms with Gasteiger partial charge in [-0.15, -0.1) is 0 Å². The Kier molecular flexibility index (Phi) is 10.3. The Labute approximate surface area is 219 Å². The van der Waals surface area contributed by atoms with Gasteiger partial charge in [-0.2, -0.15) is 0 Å². The zero-order valence-electron chi connectivity index (χ0n) is 21.1. The van der Waals surface area contributed by atoms with Crippen molar-refractivity contribution < 1.29 is 59.5 Å². The molecule has 2 aromatic rings. The Morgan fingerprint density at radius 1 is 0.974 bits per heavy atom. The predicted octanol–water partition coefficient (Wildman–Crippen LogP) is -0.528. The number of ketones is 1. The van der Waals surface area contributed by atoms with Gasteiger partial charge in [0.2, 0.25) is 6.29 Å². The van der Waals surface area contributed by atoms with Gasteiger partial charge < -0.3 is 54.7 Å². The standard InChI is InChI=1S/C26H34O12/c1-35-18-10-14(5-6-17(18)30)21(31)16(11-28)15-8-13(4-3-7-27)9-19(36-2)25(15)38-26-24(34)23(33)22(32)20(12-29)37-26/h5-6,8-10,16,20,22-24,26-30,32-34H,3-4,7,11-12H2,1-2H3/t16?,20-,22-,23+,24-,26+/m1/s1. The number of methoxy groups -OCH3 is 2. The van der Waals surface area contributed by atoms with Crippen molar-refractivity contribution >= 4 is 5.78 Å². The second kappa shape index (κ2) is 13.2. The molecule has 1 fully saturated rings. The van der Waals surface area contributed by atoms with Gasteiger partial charge in [-0.05, 0) is 42.7 Å². The van der Waals surface area contributed by atoms with Crippen LogP contribution in [-0.2, 0) is 11.2 Å². The van der Waals surface area contributed by atoms with Crippen molar-refractivity contribution in [1.82, 2.24) is 0 Å². The van der Waals surface area contributed by atoms with Gasteiger partial charge in [0.05, 0.1) is 33.4 Å². The molecule has 2 aromatic carbocycles. The minimum atomic E-state index is -1.73. The van der Waals surface area contributed by atoms with Crippen LogP contribution in [0.25, 0.3) is 0 Å². The zero-order valence-corrected chi connectivity index (χ0v) is 21.1. The van der Waals surface area contributed by atoms with Gasteiger partial charge in [-0.1, -0.05) is 6.07 Å². The Balaban J connectivity index is 2.10. The lowest BCUT2D eigenvalue weighted by Gasteiger charge is -2.40. The van der Waals surface area contributed by atoms with Crippen LogP contribution in [0.2, 0.25) is 0 Å². The molecule has 1 unspecified atom stereocenters. The average Bonchev–Trinajstić information content (AvgIpc) is 2.93. The number of aromatic hydroxyl groups is 1. The number of aliphatic hydroxyl groups excluding tert-OH is 6. The predicted molar refractivity (Wildman–Crippen MR) is 132 cm³/mol. The van der Waals surface area contributed by atoms with Gasteiger partial charge in [-0.25, -0.2) is 0 Å². The summed E-state index contributed by atoms with van der Waals surface area (Å²) in [6.07, 6.45) is -7.05. The summed E-state index contributed by atoms with van der Waals surface area (Å²) in [6, 6.07) is 7.16. The molecule has 0 amide bonds. The Morgan fingerprint density at radius 3 is 2.29 bits per heavy atom. The molecule has 1 aliphatic heterocycles. The number of aryl methyl sites for hydroxylation is 1. The number of carbonyl (C=O) groups excluding carboxylic acids is 1. The number of carbonyl (C=O) groups is 1. The molecule has 1 heterocycles. The van der Waals surface area contributed by atoms with Crippen molar-refractivity contribution in [1.29, 1.82) is 0 Å². The minimum absolute atomic E-state index is 0.0552. The largest absolute Gasteiger partial charge is 0.504 e. The number of hydrogen-bond acceptors (Lipinski definition) is 12. The first-order valence-electron chi connectivity index (χ1n) is 12.0. The summed E-state index contributed by atoms with van der Waals surface area (Å²) in [7, 11) is 2.67. The average molecular weight is 539 g/mol. The molecule has 0 aliphatic carbocycles. The van der Waals surface area contributed by atoms with Crippen molar-refractivity contribution in [2.75, 3.05) is 34.0 Å². The van der Waals surface area contributed by atoms with Crippen molar-refractivity contribution in [3.8, 4) is 23.0 Å². The molecule has 0 spiro atoms. The van der Waals surface area contributed by atoms with E-state index in [4.69, 9.17) is 18.9 Å². The number of aliphatic hydroxyl groups is 6. The van der Waals surface area contributed by atoms with E-state index in [1.165, 1.54) is 32.4 Å². The maximum atomic E-state index is 13.6. The van der Waals surface area contributed by atoms with E-state index in [1.807, 2.05) is 0 Å². The smallest absolute Gasteiger partial charge is 0.229 e. The van der Waals surface area contributed by atoms with Crippen LogP contribution < -0.4 is 14.2 Å². The number of hydrogen-bond donors (Lipinski definition) is 7. The number of ether oxygens (including phenoxy) is 4. The fourth-order valence-corrected chi connectivity index (χ4v) is 4.28. The van der Waals surface area contributed by atoms with Gasteiger partial charge in [0.15, 0.2) is 28.8 Å². The van der Waals surface area contributed by atoms with Crippen LogP contribution in [0.3, 0.4) is 0 Å². The highest BCUT2D eigenvalue weighted by atomic mass is 16.7. The van der Waals surface area contributed by atoms with Crippen LogP contribution in [0.4, 0.5) is 0 Å². The van der Waals surface area contributed by atoms with E-state index >= 15 is 0 Å². The first-order chi connectivity index (χ1) is 18.2. The summed E-state index contributed by atoms with van der Waals surface area (Å²) in [4.78, 5) is 13.6. The molecule has 0 radical (unpaired) electrons. The van der Waals surface area contributed by atoms with E-state index in [0.717, 1.165) is 0 Å². The Hall–Kier alpha value is -2.97. The molecule has 0 bridgehead atoms. The van der Waals surface area contributed by atoms with Crippen molar-refractivity contribution in [3.05, 3.63) is 47.0 Å². The summed E-state index contributed by atoms with van der Waals surface area (Å²) in [5.74, 6) is -1.86. The molecular formula is C26H34O12. The van der Waals surface area contributed by atoms with E-state index in [0.29, 0.717) is 18.4 Å². The zero-order chi connectivity index (χ0) is 28.0. The van der Waals surface area contributed by atoms with Crippen LogP contribution in [0.5, 0.6) is 23.0 Å². The van der Waals surface area contributed by atoms with Crippen molar-refractivity contribution in [2.24, 2.45) is 0 Å². The third-order valence-corrected chi connectivity index (χ3v) is 6.41. The SMILES string of the molecule is COc1cc(C(=O)C(CO)c2cc(CCCO)cc(OC)c2O[C@@H]2O[C@H](CO)[C@@H](O)[C@H](O)[C@H]2O)ccc1O. The third-order valence-electron chi connectivity index (χ3n) is 6.41. The maximum Gasteiger partial charge on any atom is 0.229 e. The van der Waals surface area contributed by atoms with Crippen LogP contribution in [0.1, 0.15) is 33.8 Å². The summed E-state index contributed by atoms with van der Waals surface area (Å²) in [5.41, 5.74) is 0.938. The molecule has 7 N–H and O–H groups in total. The van der Waals surface area contributed by atoms with E-state index in [2.05, 4.69) is 0 Å². The first kappa shape index (κ1) is 29.6. The summed E-state index contributed by atoms with van der Waals surface area (Å²) in [6.45, 7) is -1.43. The second-order valence-electron chi connectivity index (χ2n) is 8.84. The number of Topliss-reactive ketones (excluding diaryl/α,β-unsaturated/α-hetero) is 1. The monoisotopic (exact) mass is 538 g/mol. The molecule has 210 valence electrons. The molecule has 3 rings (SSSR count). The molecule has 0 saturated carbocycles. The summed E-state index contributed by atoms with van der Waals surface area (Å²) in [5, 5.41) is 69.9. The van der Waals surface area contributed by atoms with Crippen LogP contribution >= 0.6 is 0 Å². The first-order valence-corrected chi connectivity index (χ1v) is 12.0. The van der Waals surface area contributed by atoms with Gasteiger partial charge in [0.25, 0.3) is 0 Å². The van der Waals surface area contributed by atoms with Gasteiger partial charge in [0.1, 0.15) is 24.4 Å². The number of phenols is 1. The minimum Gasteiger partial charge on any atom is -0.504 e. The summed E-state index contributed by atoms with van der Waals surface area (Å²) >= 11 is 0. The van der Waals surface area contributed by atoms with Gasteiger partial charge >= 0.3 is 0 Å². The molecule has 12 heteroatoms. The van der Waals surface area contributed by atoms with E-state index in [-0.39, 0.29) is 40.7 Å². The van der Waals surface area contributed by atoms with Crippen molar-refractivity contribution in [2.45, 2.75) is 49.5 Å². The molecule has 38 heavy (non-hydrogen) atoms. The lowest BCUT2D eigenvalue weighted by molar-refractivity contribution is -0.277. The number of benzene rings is 2. The fourth-order valence-electron chi connectivity index (χ4n) is 4.28. The third kappa shape index (κ3) is 6.18. The van der Waals surface area contributed by atoms with Crippen molar-refractivity contribution in [3.63, 3.8) is 0 Å². The van der Waals surface area contributed by atoms with Gasteiger partial charge in [0, 0.05) is 17.7 Å². The highest BCUT2D eigenvalue weighted by molar-refractivity contribution is 6.02. The van der Waals surface area contributed by atoms with E-state index < -0.39 is 55.6 Å². The molecule has 6 atom stereocenters. The normalized spacial score (nSPS) is 24.1. The maximum absolute atomic E-state index is 13.6. The highest BCUT2D eigenvalue weighted by Gasteiger charge is 2.45. The lowest BCUT2D eigenvalue weighted by atomic mass is 9.88. The molecule has 1 aliphatic rings. The van der Waals surface area contributed by atoms with Crippen LogP contribution in [-0.4, -0.2) is 106 Å². The molecular weight excluding hydrogens is 504 g/mol. The number of rotatable bonds is 12. The van der Waals surface area contributed by atoms with Crippen LogP contribution in [0, 0.1) is 0 Å². The van der Waals surface area contributed by atoms with Gasteiger partial charge in [-0.3, -0.25) is 4.79 Å². The Bertz CT molecular complexity index is 1090. The lowest BCUT2D eigenvalue weighted by Crippen LogP contribution is -2.60.